The van der Waals surface area contributed by atoms with Gasteiger partial charge in [-0.1, -0.05) is 30.3 Å². The summed E-state index contributed by atoms with van der Waals surface area (Å²) in [7, 11) is 0. The Kier molecular flexibility index (Phi) is 4.95. The molecule has 4 nitrogen and oxygen atoms in total. The Bertz CT molecular complexity index is 327. The van der Waals surface area contributed by atoms with Gasteiger partial charge in [0.1, 0.15) is 0 Å². The molecule has 0 heterocycles. The van der Waals surface area contributed by atoms with Crippen molar-refractivity contribution in [3.05, 3.63) is 35.9 Å². The van der Waals surface area contributed by atoms with Crippen LogP contribution in [-0.2, 0) is 11.2 Å². The van der Waals surface area contributed by atoms with E-state index in [0.717, 1.165) is 5.56 Å². The van der Waals surface area contributed by atoms with Crippen LogP contribution in [0.2, 0.25) is 0 Å². The van der Waals surface area contributed by atoms with E-state index >= 15 is 0 Å². The lowest BCUT2D eigenvalue weighted by Crippen LogP contribution is -2.47. The minimum absolute atomic E-state index is 0.137. The highest BCUT2D eigenvalue weighted by Gasteiger charge is 2.18. The van der Waals surface area contributed by atoms with E-state index in [1.807, 2.05) is 30.3 Å². The van der Waals surface area contributed by atoms with E-state index in [2.05, 4.69) is 5.32 Å². The summed E-state index contributed by atoms with van der Waals surface area (Å²) >= 11 is 0. The standard InChI is InChI=1S/C12H18N2O2/c1-9(15)14-11(12(16)8-13)7-10-5-3-2-4-6-10/h2-6,11-12,16H,7-8,13H2,1H3,(H,14,15)/t11-,12+/m0/s1. The third-order valence-electron chi connectivity index (χ3n) is 2.39. The van der Waals surface area contributed by atoms with Crippen molar-refractivity contribution >= 4 is 5.91 Å². The number of aliphatic hydroxyl groups is 1. The van der Waals surface area contributed by atoms with E-state index in [4.69, 9.17) is 5.73 Å². The third kappa shape index (κ3) is 4.00. The first-order chi connectivity index (χ1) is 7.63. The van der Waals surface area contributed by atoms with Gasteiger partial charge in [-0.05, 0) is 12.0 Å². The fourth-order valence-corrected chi connectivity index (χ4v) is 1.58. The van der Waals surface area contributed by atoms with Crippen LogP contribution in [0.5, 0.6) is 0 Å². The van der Waals surface area contributed by atoms with Gasteiger partial charge in [0.15, 0.2) is 0 Å². The second-order valence-corrected chi connectivity index (χ2v) is 3.80. The topological polar surface area (TPSA) is 75.3 Å². The molecule has 0 saturated carbocycles. The van der Waals surface area contributed by atoms with Gasteiger partial charge in [-0.3, -0.25) is 4.79 Å². The highest BCUT2D eigenvalue weighted by molar-refractivity contribution is 5.73. The molecule has 0 fully saturated rings. The molecule has 4 N–H and O–H groups in total. The van der Waals surface area contributed by atoms with Crippen LogP contribution in [0.4, 0.5) is 0 Å². The maximum absolute atomic E-state index is 11.0. The van der Waals surface area contributed by atoms with Gasteiger partial charge < -0.3 is 16.2 Å². The van der Waals surface area contributed by atoms with Crippen molar-refractivity contribution in [1.29, 1.82) is 0 Å². The van der Waals surface area contributed by atoms with Crippen LogP contribution in [0.3, 0.4) is 0 Å². The van der Waals surface area contributed by atoms with E-state index < -0.39 is 6.10 Å². The number of hydrogen-bond donors (Lipinski definition) is 3. The predicted molar refractivity (Wildman–Crippen MR) is 62.8 cm³/mol. The van der Waals surface area contributed by atoms with Crippen LogP contribution in [-0.4, -0.2) is 29.7 Å². The van der Waals surface area contributed by atoms with Crippen LogP contribution in [0.25, 0.3) is 0 Å². The Morgan fingerprint density at radius 2 is 2.06 bits per heavy atom. The lowest BCUT2D eigenvalue weighted by atomic mass is 10.0. The normalized spacial score (nSPS) is 14.2. The maximum atomic E-state index is 11.0. The van der Waals surface area contributed by atoms with Crippen molar-refractivity contribution in [2.24, 2.45) is 5.73 Å². The van der Waals surface area contributed by atoms with Gasteiger partial charge in [-0.25, -0.2) is 0 Å². The molecule has 1 aromatic carbocycles. The molecule has 0 radical (unpaired) electrons. The number of rotatable bonds is 5. The summed E-state index contributed by atoms with van der Waals surface area (Å²) in [5.74, 6) is -0.159. The first-order valence-electron chi connectivity index (χ1n) is 5.32. The van der Waals surface area contributed by atoms with Crippen molar-refractivity contribution in [3.8, 4) is 0 Å². The zero-order valence-electron chi connectivity index (χ0n) is 9.39. The molecule has 1 amide bonds. The Morgan fingerprint density at radius 1 is 1.44 bits per heavy atom. The monoisotopic (exact) mass is 222 g/mol. The van der Waals surface area contributed by atoms with Gasteiger partial charge in [-0.15, -0.1) is 0 Å². The number of aliphatic hydroxyl groups excluding tert-OH is 1. The average molecular weight is 222 g/mol. The predicted octanol–water partition coefficient (Wildman–Crippen LogP) is 0.0534. The molecule has 0 aliphatic rings. The highest BCUT2D eigenvalue weighted by atomic mass is 16.3. The maximum Gasteiger partial charge on any atom is 0.217 e. The Balaban J connectivity index is 2.67. The number of nitrogens with one attached hydrogen (secondary N) is 1. The van der Waals surface area contributed by atoms with Gasteiger partial charge in [0.25, 0.3) is 0 Å². The highest BCUT2D eigenvalue weighted by Crippen LogP contribution is 2.05. The number of carbonyl (C=O) groups excluding carboxylic acids is 1. The number of amides is 1. The second kappa shape index (κ2) is 6.25. The molecule has 0 spiro atoms. The molecule has 4 heteroatoms. The molecule has 1 aromatic rings. The number of benzene rings is 1. The molecule has 0 saturated heterocycles. The molecule has 16 heavy (non-hydrogen) atoms. The van der Waals surface area contributed by atoms with E-state index in [9.17, 15) is 9.90 Å². The smallest absolute Gasteiger partial charge is 0.217 e. The zero-order chi connectivity index (χ0) is 12.0. The largest absolute Gasteiger partial charge is 0.390 e. The Hall–Kier alpha value is -1.39. The zero-order valence-corrected chi connectivity index (χ0v) is 9.39. The van der Waals surface area contributed by atoms with Gasteiger partial charge in [0.2, 0.25) is 5.91 Å². The van der Waals surface area contributed by atoms with Crippen LogP contribution in [0, 0.1) is 0 Å². The van der Waals surface area contributed by atoms with E-state index in [-0.39, 0.29) is 18.5 Å². The summed E-state index contributed by atoms with van der Waals surface area (Å²) in [6, 6.07) is 9.36. The second-order valence-electron chi connectivity index (χ2n) is 3.80. The van der Waals surface area contributed by atoms with Gasteiger partial charge >= 0.3 is 0 Å². The number of nitrogens with two attached hydrogens (primary N) is 1. The lowest BCUT2D eigenvalue weighted by molar-refractivity contribution is -0.120. The first kappa shape index (κ1) is 12.7. The van der Waals surface area contributed by atoms with Crippen molar-refractivity contribution in [3.63, 3.8) is 0 Å². The van der Waals surface area contributed by atoms with Crippen molar-refractivity contribution in [1.82, 2.24) is 5.32 Å². The molecular weight excluding hydrogens is 204 g/mol. The van der Waals surface area contributed by atoms with Crippen LogP contribution < -0.4 is 11.1 Å². The van der Waals surface area contributed by atoms with Crippen molar-refractivity contribution in [2.45, 2.75) is 25.5 Å². The van der Waals surface area contributed by atoms with Crippen LogP contribution in [0.1, 0.15) is 12.5 Å². The van der Waals surface area contributed by atoms with Gasteiger partial charge in [0.05, 0.1) is 12.1 Å². The molecule has 0 aliphatic carbocycles. The molecule has 0 aliphatic heterocycles. The fourth-order valence-electron chi connectivity index (χ4n) is 1.58. The van der Waals surface area contributed by atoms with Crippen molar-refractivity contribution < 1.29 is 9.90 Å². The number of hydrogen-bond acceptors (Lipinski definition) is 3. The molecule has 0 aromatic heterocycles. The quantitative estimate of drug-likeness (QED) is 0.659. The Labute approximate surface area is 95.5 Å². The van der Waals surface area contributed by atoms with E-state index in [0.29, 0.717) is 6.42 Å². The summed E-state index contributed by atoms with van der Waals surface area (Å²) in [4.78, 5) is 11.0. The molecule has 1 rings (SSSR count). The molecule has 0 bridgehead atoms. The fraction of sp³-hybridized carbons (Fsp3) is 0.417. The van der Waals surface area contributed by atoms with Crippen LogP contribution in [0.15, 0.2) is 30.3 Å². The average Bonchev–Trinajstić information content (AvgIpc) is 2.28. The minimum Gasteiger partial charge on any atom is -0.390 e. The summed E-state index contributed by atoms with van der Waals surface area (Å²) in [6.45, 7) is 1.57. The third-order valence-corrected chi connectivity index (χ3v) is 2.39. The molecule has 88 valence electrons. The first-order valence-corrected chi connectivity index (χ1v) is 5.32. The van der Waals surface area contributed by atoms with Gasteiger partial charge in [0, 0.05) is 13.5 Å². The molecule has 0 unspecified atom stereocenters. The SMILES string of the molecule is CC(=O)N[C@@H](Cc1ccccc1)[C@H](O)CN. The number of carbonyl (C=O) groups is 1. The summed E-state index contributed by atoms with van der Waals surface area (Å²) in [5, 5.41) is 12.4. The lowest BCUT2D eigenvalue weighted by Gasteiger charge is -2.22. The van der Waals surface area contributed by atoms with Gasteiger partial charge in [-0.2, -0.15) is 0 Å². The molecular formula is C12H18N2O2. The summed E-state index contributed by atoms with van der Waals surface area (Å²) < 4.78 is 0. The van der Waals surface area contributed by atoms with E-state index in [1.165, 1.54) is 6.92 Å². The summed E-state index contributed by atoms with van der Waals surface area (Å²) in [6.07, 6.45) is -0.136. The minimum atomic E-state index is -0.718. The summed E-state index contributed by atoms with van der Waals surface area (Å²) in [5.41, 5.74) is 6.46. The van der Waals surface area contributed by atoms with Crippen molar-refractivity contribution in [2.75, 3.05) is 6.54 Å². The Morgan fingerprint density at radius 3 is 2.56 bits per heavy atom. The van der Waals surface area contributed by atoms with E-state index in [1.54, 1.807) is 0 Å². The van der Waals surface area contributed by atoms with Crippen LogP contribution >= 0.6 is 0 Å². The molecule has 2 atom stereocenters.